The number of rotatable bonds is 10. The van der Waals surface area contributed by atoms with Crippen LogP contribution >= 0.6 is 0 Å². The molecule has 0 unspecified atom stereocenters. The van der Waals surface area contributed by atoms with Gasteiger partial charge >= 0.3 is 0 Å². The van der Waals surface area contributed by atoms with E-state index >= 15 is 0 Å². The summed E-state index contributed by atoms with van der Waals surface area (Å²) >= 11 is 0. The number of piperazine rings is 1. The molecule has 0 spiro atoms. The van der Waals surface area contributed by atoms with Gasteiger partial charge in [0.2, 0.25) is 5.89 Å². The molecule has 2 heterocycles. The van der Waals surface area contributed by atoms with E-state index < -0.39 is 6.10 Å². The lowest BCUT2D eigenvalue weighted by Gasteiger charge is -2.34. The molecule has 1 amide bonds. The average Bonchev–Trinajstić information content (AvgIpc) is 3.38. The maximum atomic E-state index is 12.0. The molecule has 1 saturated carbocycles. The van der Waals surface area contributed by atoms with Crippen LogP contribution in [0.5, 0.6) is 0 Å². The highest BCUT2D eigenvalue weighted by Gasteiger charge is 2.24. The first-order valence-electron chi connectivity index (χ1n) is 9.50. The third kappa shape index (κ3) is 6.63. The van der Waals surface area contributed by atoms with Gasteiger partial charge in [-0.2, -0.15) is 0 Å². The van der Waals surface area contributed by atoms with Crippen LogP contribution in [0.3, 0.4) is 0 Å². The van der Waals surface area contributed by atoms with E-state index in [1.807, 2.05) is 0 Å². The molecule has 0 radical (unpaired) electrons. The molecule has 2 N–H and O–H groups in total. The number of carbonyl (C=O) groups excluding carboxylic acids is 1. The fourth-order valence-electron chi connectivity index (χ4n) is 3.06. The summed E-state index contributed by atoms with van der Waals surface area (Å²) in [5.74, 6) is 3.42. The van der Waals surface area contributed by atoms with Crippen LogP contribution in [0.15, 0.2) is 10.7 Å². The Balaban J connectivity index is 1.35. The van der Waals surface area contributed by atoms with Crippen LogP contribution in [-0.4, -0.2) is 84.4 Å². The van der Waals surface area contributed by atoms with Gasteiger partial charge in [-0.05, 0) is 18.8 Å². The van der Waals surface area contributed by atoms with Crippen molar-refractivity contribution in [3.63, 3.8) is 0 Å². The number of aromatic nitrogens is 1. The third-order valence-corrected chi connectivity index (χ3v) is 4.82. The quantitative estimate of drug-likeness (QED) is 0.437. The van der Waals surface area contributed by atoms with Gasteiger partial charge in [0.05, 0.1) is 19.3 Å². The second-order valence-corrected chi connectivity index (χ2v) is 7.23. The minimum absolute atomic E-state index is 0.164. The van der Waals surface area contributed by atoms with Crippen LogP contribution in [0.2, 0.25) is 0 Å². The lowest BCUT2D eigenvalue weighted by Crippen LogP contribution is -2.48. The van der Waals surface area contributed by atoms with Crippen LogP contribution in [0.4, 0.5) is 0 Å². The van der Waals surface area contributed by atoms with Crippen molar-refractivity contribution >= 4 is 5.91 Å². The summed E-state index contributed by atoms with van der Waals surface area (Å²) < 4.78 is 10.6. The fourth-order valence-corrected chi connectivity index (χ4v) is 3.06. The van der Waals surface area contributed by atoms with Gasteiger partial charge in [0.15, 0.2) is 5.69 Å². The van der Waals surface area contributed by atoms with Gasteiger partial charge < -0.3 is 19.6 Å². The predicted molar refractivity (Wildman–Crippen MR) is 98.9 cm³/mol. The molecule has 3 rings (SSSR count). The van der Waals surface area contributed by atoms with Gasteiger partial charge in [-0.15, -0.1) is 6.42 Å². The lowest BCUT2D eigenvalue weighted by atomic mass is 10.2. The topological polar surface area (TPSA) is 91.1 Å². The number of amides is 1. The molecule has 2 fully saturated rings. The first-order chi connectivity index (χ1) is 13.1. The zero-order valence-corrected chi connectivity index (χ0v) is 15.6. The third-order valence-electron chi connectivity index (χ3n) is 4.82. The molecule has 148 valence electrons. The van der Waals surface area contributed by atoms with Gasteiger partial charge in [0.25, 0.3) is 5.91 Å². The average molecular weight is 376 g/mol. The Morgan fingerprint density at radius 1 is 1.41 bits per heavy atom. The van der Waals surface area contributed by atoms with Gasteiger partial charge in [0.1, 0.15) is 12.9 Å². The highest BCUT2D eigenvalue weighted by molar-refractivity contribution is 5.91. The summed E-state index contributed by atoms with van der Waals surface area (Å²) in [5.41, 5.74) is 0.347. The smallest absolute Gasteiger partial charge is 0.273 e. The van der Waals surface area contributed by atoms with Crippen molar-refractivity contribution in [3.05, 3.63) is 17.8 Å². The maximum absolute atomic E-state index is 12.0. The molecule has 1 saturated heterocycles. The monoisotopic (exact) mass is 376 g/mol. The number of aliphatic hydroxyl groups excluding tert-OH is 1. The van der Waals surface area contributed by atoms with Crippen LogP contribution in [0.25, 0.3) is 0 Å². The summed E-state index contributed by atoms with van der Waals surface area (Å²) in [5, 5.41) is 12.8. The number of nitrogens with zero attached hydrogens (tertiary/aromatic N) is 3. The van der Waals surface area contributed by atoms with Crippen LogP contribution in [-0.2, 0) is 11.3 Å². The molecule has 1 aromatic rings. The van der Waals surface area contributed by atoms with E-state index in [2.05, 4.69) is 26.0 Å². The number of terminal acetylenes is 1. The van der Waals surface area contributed by atoms with Crippen molar-refractivity contribution in [3.8, 4) is 12.3 Å². The molecule has 1 aliphatic carbocycles. The second kappa shape index (κ2) is 9.85. The number of β-amino-alcohol motifs (C(OH)–C–C–N with tert-alkyl or cyclic N) is 1. The zero-order chi connectivity index (χ0) is 19.1. The number of hydrogen-bond acceptors (Lipinski definition) is 7. The Morgan fingerprint density at radius 2 is 2.15 bits per heavy atom. The second-order valence-electron chi connectivity index (χ2n) is 7.23. The van der Waals surface area contributed by atoms with E-state index in [0.717, 1.165) is 32.7 Å². The van der Waals surface area contributed by atoms with Crippen molar-refractivity contribution < 1.29 is 19.1 Å². The SMILES string of the molecule is C#CCOC[C@H](O)CN1CCN(Cc2nc(C(=O)NCC3CC3)co2)CC1. The molecule has 8 heteroatoms. The highest BCUT2D eigenvalue weighted by Crippen LogP contribution is 2.27. The molecule has 1 aromatic heterocycles. The summed E-state index contributed by atoms with van der Waals surface area (Å²) in [4.78, 5) is 20.8. The number of carbonyl (C=O) groups is 1. The van der Waals surface area contributed by atoms with Crippen molar-refractivity contribution in [1.82, 2.24) is 20.1 Å². The number of nitrogens with one attached hydrogen (secondary N) is 1. The Morgan fingerprint density at radius 3 is 2.85 bits per heavy atom. The lowest BCUT2D eigenvalue weighted by molar-refractivity contribution is 0.0146. The van der Waals surface area contributed by atoms with Crippen molar-refractivity contribution in [2.24, 2.45) is 5.92 Å². The highest BCUT2D eigenvalue weighted by atomic mass is 16.5. The van der Waals surface area contributed by atoms with Crippen LogP contribution in [0.1, 0.15) is 29.2 Å². The molecule has 8 nitrogen and oxygen atoms in total. The minimum atomic E-state index is -0.534. The maximum Gasteiger partial charge on any atom is 0.273 e. The molecule has 1 atom stereocenters. The summed E-state index contributed by atoms with van der Waals surface area (Å²) in [7, 11) is 0. The van der Waals surface area contributed by atoms with Gasteiger partial charge in [-0.3, -0.25) is 14.6 Å². The van der Waals surface area contributed by atoms with E-state index in [4.69, 9.17) is 15.6 Å². The fraction of sp³-hybridized carbons (Fsp3) is 0.684. The Hall–Kier alpha value is -1.92. The van der Waals surface area contributed by atoms with E-state index in [0.29, 0.717) is 30.6 Å². The molecule has 0 aromatic carbocycles. The molecular formula is C19H28N4O4. The summed E-state index contributed by atoms with van der Waals surface area (Å²) in [6, 6.07) is 0. The molecule has 2 aliphatic rings. The predicted octanol–water partition coefficient (Wildman–Crippen LogP) is -0.0573. The summed E-state index contributed by atoms with van der Waals surface area (Å²) in [6.07, 6.45) is 8.41. The zero-order valence-electron chi connectivity index (χ0n) is 15.6. The van der Waals surface area contributed by atoms with Gasteiger partial charge in [-0.1, -0.05) is 5.92 Å². The largest absolute Gasteiger partial charge is 0.447 e. The minimum Gasteiger partial charge on any atom is -0.447 e. The Labute approximate surface area is 159 Å². The van der Waals surface area contributed by atoms with Gasteiger partial charge in [-0.25, -0.2) is 4.98 Å². The van der Waals surface area contributed by atoms with Crippen molar-refractivity contribution in [1.29, 1.82) is 0 Å². The number of ether oxygens (including phenoxy) is 1. The van der Waals surface area contributed by atoms with E-state index in [-0.39, 0.29) is 19.1 Å². The molecule has 0 bridgehead atoms. The normalized spacial score (nSPS) is 19.6. The van der Waals surface area contributed by atoms with E-state index in [1.165, 1.54) is 19.1 Å². The standard InChI is InChI=1S/C19H28N4O4/c1-2-9-26-13-16(24)11-22-5-7-23(8-6-22)12-18-21-17(14-27-18)19(25)20-10-15-3-4-15/h1,14-16,24H,3-13H2,(H,20,25)/t16-/m1/s1. The Bertz CT molecular complexity index is 644. The van der Waals surface area contributed by atoms with Crippen LogP contribution < -0.4 is 5.32 Å². The molecule has 1 aliphatic heterocycles. The number of oxazole rings is 1. The van der Waals surface area contributed by atoms with E-state index in [1.54, 1.807) is 0 Å². The first-order valence-corrected chi connectivity index (χ1v) is 9.50. The Kier molecular flexibility index (Phi) is 7.24. The van der Waals surface area contributed by atoms with Crippen molar-refractivity contribution in [2.75, 3.05) is 52.5 Å². The molecular weight excluding hydrogens is 348 g/mol. The van der Waals surface area contributed by atoms with Crippen molar-refractivity contribution in [2.45, 2.75) is 25.5 Å². The first kappa shape index (κ1) is 19.8. The van der Waals surface area contributed by atoms with E-state index in [9.17, 15) is 9.90 Å². The van der Waals surface area contributed by atoms with Gasteiger partial charge in [0, 0.05) is 39.3 Å². The molecule has 27 heavy (non-hydrogen) atoms. The summed E-state index contributed by atoms with van der Waals surface area (Å²) in [6.45, 7) is 5.76. The number of aliphatic hydroxyl groups is 1. The number of hydrogen-bond donors (Lipinski definition) is 2. The van der Waals surface area contributed by atoms with Crippen LogP contribution in [0, 0.1) is 18.3 Å².